The number of nitrogens with zero attached hydrogens (tertiary/aromatic N) is 3. The van der Waals surface area contributed by atoms with E-state index in [1.54, 1.807) is 0 Å². The third-order valence-corrected chi connectivity index (χ3v) is 6.83. The van der Waals surface area contributed by atoms with Crippen molar-refractivity contribution in [2.24, 2.45) is 0 Å². The molecule has 2 aromatic carbocycles. The highest BCUT2D eigenvalue weighted by atomic mass is 35.5. The predicted octanol–water partition coefficient (Wildman–Crippen LogP) is 5.18. The number of amides is 1. The number of fused-ring (bicyclic) bond motifs is 1. The molecule has 0 radical (unpaired) electrons. The normalized spacial score (nSPS) is 20.3. The number of hydrogen-bond acceptors (Lipinski definition) is 4. The van der Waals surface area contributed by atoms with Gasteiger partial charge in [0.05, 0.1) is 11.6 Å². The van der Waals surface area contributed by atoms with Crippen LogP contribution in [0.3, 0.4) is 0 Å². The van der Waals surface area contributed by atoms with E-state index in [0.29, 0.717) is 24.0 Å². The van der Waals surface area contributed by atoms with Crippen molar-refractivity contribution >= 4 is 70.5 Å². The second-order valence-corrected chi connectivity index (χ2v) is 9.13. The molecule has 0 unspecified atom stereocenters. The van der Waals surface area contributed by atoms with Gasteiger partial charge in [-0.3, -0.25) is 9.78 Å². The highest BCUT2D eigenvalue weighted by molar-refractivity contribution is 6.31. The van der Waals surface area contributed by atoms with E-state index in [9.17, 15) is 4.79 Å². The summed E-state index contributed by atoms with van der Waals surface area (Å²) in [5.74, 6) is 0.522. The smallest absolute Gasteiger partial charge is 0.239 e. The summed E-state index contributed by atoms with van der Waals surface area (Å²) in [7, 11) is 0. The molecule has 5 rings (SSSR count). The summed E-state index contributed by atoms with van der Waals surface area (Å²) in [5, 5.41) is 5.93. The summed E-state index contributed by atoms with van der Waals surface area (Å²) in [5.41, 5.74) is 3.26. The molecule has 0 aliphatic carbocycles. The Kier molecular flexibility index (Phi) is 8.70. The number of carbonyl (C=O) groups is 1. The van der Waals surface area contributed by atoms with Crippen molar-refractivity contribution in [1.29, 1.82) is 0 Å². The van der Waals surface area contributed by atoms with E-state index in [1.807, 2.05) is 53.6 Å². The molecule has 1 N–H and O–H groups in total. The van der Waals surface area contributed by atoms with Crippen LogP contribution in [0.15, 0.2) is 54.7 Å². The maximum Gasteiger partial charge on any atom is 0.239 e. The van der Waals surface area contributed by atoms with Crippen molar-refractivity contribution in [3.63, 3.8) is 0 Å². The Morgan fingerprint density at radius 3 is 2.48 bits per heavy atom. The molecule has 3 aromatic rings. The van der Waals surface area contributed by atoms with Crippen LogP contribution < -0.4 is 10.2 Å². The highest BCUT2D eigenvalue weighted by Crippen LogP contribution is 2.30. The zero-order valence-corrected chi connectivity index (χ0v) is 21.1. The van der Waals surface area contributed by atoms with Gasteiger partial charge < -0.3 is 15.1 Å². The summed E-state index contributed by atoms with van der Waals surface area (Å²) in [6.07, 6.45) is 2.65. The minimum Gasteiger partial charge on any atom is -0.367 e. The van der Waals surface area contributed by atoms with Gasteiger partial charge in [-0.25, -0.2) is 0 Å². The largest absolute Gasteiger partial charge is 0.367 e. The standard InChI is InChI=1S/C24H24Cl2N4O.2ClH/c25-18-3-1-2-16(12-18)17-13-22(28-15-17)24(31)30-10-8-29(9-11-30)23-6-7-27-21-5-4-19(26)14-20(21)23;;/h1-7,12,14,17,22,28H,8-11,13,15H2;2*1H/t17-,22-;;/m1../s1. The number of piperazine rings is 1. The minimum atomic E-state index is -0.129. The van der Waals surface area contributed by atoms with Crippen LogP contribution in [0.4, 0.5) is 5.69 Å². The molecular weight excluding hydrogens is 502 g/mol. The molecule has 3 heterocycles. The fourth-order valence-corrected chi connectivity index (χ4v) is 5.08. The van der Waals surface area contributed by atoms with Gasteiger partial charge in [-0.2, -0.15) is 0 Å². The lowest BCUT2D eigenvalue weighted by Crippen LogP contribution is -2.53. The van der Waals surface area contributed by atoms with Gasteiger partial charge in [0, 0.05) is 60.0 Å². The van der Waals surface area contributed by atoms with Gasteiger partial charge in [-0.15, -0.1) is 24.8 Å². The number of anilines is 1. The lowest BCUT2D eigenvalue weighted by atomic mass is 9.96. The van der Waals surface area contributed by atoms with Crippen LogP contribution >= 0.6 is 48.0 Å². The molecule has 1 aromatic heterocycles. The van der Waals surface area contributed by atoms with Crippen molar-refractivity contribution in [3.8, 4) is 0 Å². The first-order chi connectivity index (χ1) is 15.1. The number of pyridine rings is 1. The van der Waals surface area contributed by atoms with Gasteiger partial charge in [-0.1, -0.05) is 35.3 Å². The molecule has 2 fully saturated rings. The summed E-state index contributed by atoms with van der Waals surface area (Å²) >= 11 is 12.4. The summed E-state index contributed by atoms with van der Waals surface area (Å²) in [6.45, 7) is 3.82. The first kappa shape index (κ1) is 25.9. The fraction of sp³-hybridized carbons (Fsp3) is 0.333. The summed E-state index contributed by atoms with van der Waals surface area (Å²) in [4.78, 5) is 21.9. The number of halogens is 4. The molecule has 5 nitrogen and oxygen atoms in total. The SMILES string of the molecule is Cl.Cl.O=C([C@H]1C[C@@H](c2cccc(Cl)c2)CN1)N1CCN(c2ccnc3ccc(Cl)cc23)CC1. The topological polar surface area (TPSA) is 48.5 Å². The van der Waals surface area contributed by atoms with E-state index < -0.39 is 0 Å². The number of aromatic nitrogens is 1. The molecule has 2 aliphatic heterocycles. The molecule has 9 heteroatoms. The second-order valence-electron chi connectivity index (χ2n) is 8.25. The Morgan fingerprint density at radius 1 is 0.970 bits per heavy atom. The molecular formula is C24H26Cl4N4O. The number of benzene rings is 2. The molecule has 2 aliphatic rings. The van der Waals surface area contributed by atoms with Gasteiger partial charge in [-0.05, 0) is 54.3 Å². The number of nitrogens with one attached hydrogen (secondary N) is 1. The van der Waals surface area contributed by atoms with Crippen LogP contribution in [0, 0.1) is 0 Å². The van der Waals surface area contributed by atoms with Crippen molar-refractivity contribution in [2.45, 2.75) is 18.4 Å². The van der Waals surface area contributed by atoms with E-state index in [4.69, 9.17) is 23.2 Å². The fourth-order valence-electron chi connectivity index (χ4n) is 4.71. The predicted molar refractivity (Wildman–Crippen MR) is 141 cm³/mol. The maximum atomic E-state index is 13.1. The summed E-state index contributed by atoms with van der Waals surface area (Å²) in [6, 6.07) is 15.6. The van der Waals surface area contributed by atoms with E-state index in [0.717, 1.165) is 47.7 Å². The molecule has 0 bridgehead atoms. The van der Waals surface area contributed by atoms with Crippen LogP contribution in [-0.4, -0.2) is 54.6 Å². The quantitative estimate of drug-likeness (QED) is 0.510. The third kappa shape index (κ3) is 5.50. The molecule has 2 saturated heterocycles. The molecule has 1 amide bonds. The van der Waals surface area contributed by atoms with Gasteiger partial charge in [0.2, 0.25) is 5.91 Å². The zero-order valence-electron chi connectivity index (χ0n) is 17.9. The number of rotatable bonds is 3. The first-order valence-electron chi connectivity index (χ1n) is 10.7. The van der Waals surface area contributed by atoms with Crippen molar-refractivity contribution in [2.75, 3.05) is 37.6 Å². The Hall–Kier alpha value is -1.76. The average molecular weight is 528 g/mol. The molecule has 33 heavy (non-hydrogen) atoms. The monoisotopic (exact) mass is 526 g/mol. The molecule has 0 spiro atoms. The Labute approximate surface area is 216 Å². The van der Waals surface area contributed by atoms with Gasteiger partial charge in [0.15, 0.2) is 0 Å². The summed E-state index contributed by atoms with van der Waals surface area (Å²) < 4.78 is 0. The third-order valence-electron chi connectivity index (χ3n) is 6.36. The molecule has 2 atom stereocenters. The van der Waals surface area contributed by atoms with E-state index in [2.05, 4.69) is 21.3 Å². The molecule has 0 saturated carbocycles. The Morgan fingerprint density at radius 2 is 1.73 bits per heavy atom. The van der Waals surface area contributed by atoms with Crippen molar-refractivity contribution < 1.29 is 4.79 Å². The van der Waals surface area contributed by atoms with Crippen LogP contribution in [0.5, 0.6) is 0 Å². The minimum absolute atomic E-state index is 0. The lowest BCUT2D eigenvalue weighted by Gasteiger charge is -2.37. The van der Waals surface area contributed by atoms with Crippen LogP contribution in [-0.2, 0) is 4.79 Å². The Balaban J connectivity index is 0.00000153. The van der Waals surface area contributed by atoms with E-state index in [1.165, 1.54) is 5.56 Å². The van der Waals surface area contributed by atoms with Crippen LogP contribution in [0.1, 0.15) is 17.9 Å². The zero-order chi connectivity index (χ0) is 21.4. The first-order valence-corrected chi connectivity index (χ1v) is 11.4. The van der Waals surface area contributed by atoms with Gasteiger partial charge >= 0.3 is 0 Å². The van der Waals surface area contributed by atoms with Gasteiger partial charge in [0.1, 0.15) is 0 Å². The maximum absolute atomic E-state index is 13.1. The van der Waals surface area contributed by atoms with Crippen LogP contribution in [0.25, 0.3) is 10.9 Å². The van der Waals surface area contributed by atoms with E-state index in [-0.39, 0.29) is 36.8 Å². The van der Waals surface area contributed by atoms with Crippen LogP contribution in [0.2, 0.25) is 10.0 Å². The van der Waals surface area contributed by atoms with Crippen molar-refractivity contribution in [3.05, 3.63) is 70.3 Å². The molecule has 176 valence electrons. The number of carbonyl (C=O) groups excluding carboxylic acids is 1. The average Bonchev–Trinajstić information content (AvgIpc) is 3.29. The van der Waals surface area contributed by atoms with Gasteiger partial charge in [0.25, 0.3) is 0 Å². The lowest BCUT2D eigenvalue weighted by molar-refractivity contribution is -0.133. The van der Waals surface area contributed by atoms with E-state index >= 15 is 0 Å². The Bertz CT molecular complexity index is 1120. The second kappa shape index (κ2) is 11.1. The number of hydrogen-bond donors (Lipinski definition) is 1. The van der Waals surface area contributed by atoms with Crippen molar-refractivity contribution in [1.82, 2.24) is 15.2 Å². The highest BCUT2D eigenvalue weighted by Gasteiger charge is 2.34.